The van der Waals surface area contributed by atoms with Crippen LogP contribution in [-0.2, 0) is 14.3 Å². The van der Waals surface area contributed by atoms with Crippen LogP contribution in [0.1, 0.15) is 188 Å². The van der Waals surface area contributed by atoms with Crippen molar-refractivity contribution in [3.8, 4) is 0 Å². The van der Waals surface area contributed by atoms with Gasteiger partial charge < -0.3 is 20.3 Å². The zero-order valence-electron chi connectivity index (χ0n) is 40.1. The maximum atomic E-state index is 13.2. The van der Waals surface area contributed by atoms with Crippen LogP contribution in [0.25, 0.3) is 0 Å². The van der Waals surface area contributed by atoms with E-state index in [0.717, 1.165) is 70.6 Å². The molecule has 0 saturated heterocycles. The standard InChI is InChI=1S/C57H91NO5/c1-4-7-10-13-16-19-22-25-27-28-29-32-35-38-41-44-47-50-57(62)63-53(48-45-42-39-36-33-30-24-21-18-15-12-9-6-3)51-56(61)58-54(52-59)55(60)49-46-43-40-37-34-31-26-23-20-17-14-11-8-5-2/h7,9-10,12-13,15-16,18-19,21-22,24-25,27-30,32-33,35-36,39,53-55,59-60H,4-6,8,11,14,17,20,23,26,31,34,37-38,40-52H2,1-3H3,(H,58,61)/b10-7-,12-9+,16-13+,18-15+,22-19+,24-21-,27-25-,29-28+,33-30-,35-32+,39-36+. The highest BCUT2D eigenvalue weighted by Gasteiger charge is 2.24. The number of aliphatic hydroxyl groups excluding tert-OH is 2. The predicted molar refractivity (Wildman–Crippen MR) is 273 cm³/mol. The largest absolute Gasteiger partial charge is 0.462 e. The van der Waals surface area contributed by atoms with Crippen molar-refractivity contribution in [3.63, 3.8) is 0 Å². The molecule has 0 aromatic carbocycles. The van der Waals surface area contributed by atoms with E-state index in [0.29, 0.717) is 19.3 Å². The molecule has 0 fully saturated rings. The minimum atomic E-state index is -0.824. The van der Waals surface area contributed by atoms with Gasteiger partial charge >= 0.3 is 5.97 Å². The summed E-state index contributed by atoms with van der Waals surface area (Å²) in [6.07, 6.45) is 69.4. The number of rotatable bonds is 42. The average molecular weight is 870 g/mol. The third kappa shape index (κ3) is 44.4. The second-order valence-corrected chi connectivity index (χ2v) is 16.4. The molecule has 0 saturated carbocycles. The Morgan fingerprint density at radius 3 is 1.32 bits per heavy atom. The number of carbonyl (C=O) groups is 2. The summed E-state index contributed by atoms with van der Waals surface area (Å²) < 4.78 is 5.87. The number of ether oxygens (including phenoxy) is 1. The summed E-state index contributed by atoms with van der Waals surface area (Å²) in [5.74, 6) is -0.613. The minimum Gasteiger partial charge on any atom is -0.462 e. The summed E-state index contributed by atoms with van der Waals surface area (Å²) in [6, 6.07) is -0.744. The highest BCUT2D eigenvalue weighted by atomic mass is 16.5. The summed E-state index contributed by atoms with van der Waals surface area (Å²) >= 11 is 0. The molecule has 0 aliphatic heterocycles. The Morgan fingerprint density at radius 2 is 0.873 bits per heavy atom. The van der Waals surface area contributed by atoms with E-state index in [1.54, 1.807) is 0 Å². The van der Waals surface area contributed by atoms with Crippen LogP contribution < -0.4 is 5.32 Å². The van der Waals surface area contributed by atoms with Gasteiger partial charge in [0, 0.05) is 6.42 Å². The van der Waals surface area contributed by atoms with Gasteiger partial charge in [-0.2, -0.15) is 0 Å². The van der Waals surface area contributed by atoms with E-state index in [4.69, 9.17) is 4.74 Å². The maximum absolute atomic E-state index is 13.2. The molecular weight excluding hydrogens is 779 g/mol. The van der Waals surface area contributed by atoms with Crippen molar-refractivity contribution >= 4 is 11.9 Å². The number of amides is 1. The molecule has 63 heavy (non-hydrogen) atoms. The minimum absolute atomic E-state index is 0.000667. The van der Waals surface area contributed by atoms with Gasteiger partial charge in [0.05, 0.1) is 25.2 Å². The molecule has 1 amide bonds. The number of unbranched alkanes of at least 4 members (excludes halogenated alkanes) is 17. The summed E-state index contributed by atoms with van der Waals surface area (Å²) in [5, 5.41) is 23.7. The van der Waals surface area contributed by atoms with Gasteiger partial charge in [0.15, 0.2) is 0 Å². The number of carbonyl (C=O) groups excluding carboxylic acids is 2. The first-order valence-electron chi connectivity index (χ1n) is 25.1. The molecule has 0 aliphatic carbocycles. The molecule has 6 nitrogen and oxygen atoms in total. The molecule has 6 heteroatoms. The van der Waals surface area contributed by atoms with E-state index in [1.165, 1.54) is 70.6 Å². The fraction of sp³-hybridized carbons (Fsp3) is 0.579. The number of aliphatic hydroxyl groups is 2. The van der Waals surface area contributed by atoms with E-state index in [9.17, 15) is 19.8 Å². The van der Waals surface area contributed by atoms with Crippen LogP contribution >= 0.6 is 0 Å². The van der Waals surface area contributed by atoms with Gasteiger partial charge in [0.1, 0.15) is 6.10 Å². The molecule has 0 radical (unpaired) electrons. The maximum Gasteiger partial charge on any atom is 0.306 e. The van der Waals surface area contributed by atoms with E-state index >= 15 is 0 Å². The van der Waals surface area contributed by atoms with Gasteiger partial charge in [-0.05, 0) is 57.8 Å². The van der Waals surface area contributed by atoms with Gasteiger partial charge in [0.2, 0.25) is 5.91 Å². The smallest absolute Gasteiger partial charge is 0.306 e. The SMILES string of the molecule is CC\C=C/C=C/C=C/C=C\C=C\C=C\CCCCCC(=O)OC(CCC/C=C/C=C\C=C/C=C/C=C/CC)CC(=O)NC(CO)C(O)CCCCCCCCCCCCCCCC. The highest BCUT2D eigenvalue weighted by Crippen LogP contribution is 2.16. The molecule has 3 atom stereocenters. The molecule has 0 aromatic heterocycles. The van der Waals surface area contributed by atoms with Crippen LogP contribution in [0.5, 0.6) is 0 Å². The van der Waals surface area contributed by atoms with Crippen LogP contribution in [0.2, 0.25) is 0 Å². The Morgan fingerprint density at radius 1 is 0.476 bits per heavy atom. The second kappa shape index (κ2) is 49.0. The summed E-state index contributed by atoms with van der Waals surface area (Å²) in [4.78, 5) is 26.1. The van der Waals surface area contributed by atoms with Crippen molar-refractivity contribution in [2.24, 2.45) is 0 Å². The number of hydrogen-bond donors (Lipinski definition) is 3. The van der Waals surface area contributed by atoms with Crippen LogP contribution in [0, 0.1) is 0 Å². The average Bonchev–Trinajstić information content (AvgIpc) is 3.28. The molecule has 3 unspecified atom stereocenters. The molecule has 0 spiro atoms. The molecular formula is C57H91NO5. The zero-order valence-corrected chi connectivity index (χ0v) is 40.1. The van der Waals surface area contributed by atoms with Crippen molar-refractivity contribution < 1.29 is 24.5 Å². The van der Waals surface area contributed by atoms with E-state index in [2.05, 4.69) is 50.4 Å². The molecule has 0 heterocycles. The quantitative estimate of drug-likeness (QED) is 0.0323. The number of allylic oxidation sites excluding steroid dienone is 22. The highest BCUT2D eigenvalue weighted by molar-refractivity contribution is 5.77. The molecule has 354 valence electrons. The molecule has 0 rings (SSSR count). The normalized spacial score (nSPS) is 14.4. The molecule has 3 N–H and O–H groups in total. The first kappa shape index (κ1) is 59.0. The van der Waals surface area contributed by atoms with Crippen molar-refractivity contribution in [1.29, 1.82) is 0 Å². The third-order valence-electron chi connectivity index (χ3n) is 10.5. The van der Waals surface area contributed by atoms with Gasteiger partial charge in [-0.3, -0.25) is 9.59 Å². The second-order valence-electron chi connectivity index (χ2n) is 16.4. The molecule has 0 bridgehead atoms. The van der Waals surface area contributed by atoms with Crippen molar-refractivity contribution in [3.05, 3.63) is 134 Å². The topological polar surface area (TPSA) is 95.9 Å². The van der Waals surface area contributed by atoms with Crippen LogP contribution in [-0.4, -0.2) is 46.9 Å². The van der Waals surface area contributed by atoms with Gasteiger partial charge in [-0.15, -0.1) is 0 Å². The fourth-order valence-corrected chi connectivity index (χ4v) is 6.78. The fourth-order valence-electron chi connectivity index (χ4n) is 6.78. The number of nitrogens with one attached hydrogen (secondary N) is 1. The first-order valence-corrected chi connectivity index (χ1v) is 25.1. The van der Waals surface area contributed by atoms with Gasteiger partial charge in [0.25, 0.3) is 0 Å². The van der Waals surface area contributed by atoms with E-state index < -0.39 is 18.2 Å². The Bertz CT molecular complexity index is 1390. The lowest BCUT2D eigenvalue weighted by Gasteiger charge is -2.24. The van der Waals surface area contributed by atoms with Crippen molar-refractivity contribution in [1.82, 2.24) is 5.32 Å². The number of hydrogen-bond acceptors (Lipinski definition) is 5. The van der Waals surface area contributed by atoms with Crippen molar-refractivity contribution in [2.45, 2.75) is 206 Å². The lowest BCUT2D eigenvalue weighted by molar-refractivity contribution is -0.151. The Hall–Kier alpha value is -4.00. The lowest BCUT2D eigenvalue weighted by atomic mass is 10.0. The number of esters is 1. The Labute approximate surface area is 386 Å². The van der Waals surface area contributed by atoms with Crippen LogP contribution in [0.4, 0.5) is 0 Å². The first-order chi connectivity index (χ1) is 31.0. The summed E-state index contributed by atoms with van der Waals surface area (Å²) in [6.45, 7) is 6.14. The van der Waals surface area contributed by atoms with Crippen molar-refractivity contribution in [2.75, 3.05) is 6.61 Å². The Balaban J connectivity index is 4.80. The Kier molecular flexibility index (Phi) is 45.9. The molecule has 0 aliphatic rings. The van der Waals surface area contributed by atoms with Gasteiger partial charge in [-0.25, -0.2) is 0 Å². The monoisotopic (exact) mass is 870 g/mol. The summed E-state index contributed by atoms with van der Waals surface area (Å²) in [7, 11) is 0. The summed E-state index contributed by atoms with van der Waals surface area (Å²) in [5.41, 5.74) is 0. The lowest BCUT2D eigenvalue weighted by Crippen LogP contribution is -2.46. The predicted octanol–water partition coefficient (Wildman–Crippen LogP) is 15.1. The third-order valence-corrected chi connectivity index (χ3v) is 10.5. The van der Waals surface area contributed by atoms with Crippen LogP contribution in [0.15, 0.2) is 134 Å². The van der Waals surface area contributed by atoms with E-state index in [-0.39, 0.29) is 24.9 Å². The zero-order chi connectivity index (χ0) is 45.9. The molecule has 0 aromatic rings. The van der Waals surface area contributed by atoms with E-state index in [1.807, 2.05) is 109 Å². The van der Waals surface area contributed by atoms with Crippen LogP contribution in [0.3, 0.4) is 0 Å². The van der Waals surface area contributed by atoms with Gasteiger partial charge in [-0.1, -0.05) is 251 Å².